The Morgan fingerprint density at radius 3 is 2.38 bits per heavy atom. The molecule has 0 radical (unpaired) electrons. The molecule has 3 atom stereocenters. The molecule has 2 aliphatic heterocycles. The van der Waals surface area contributed by atoms with E-state index in [1.807, 2.05) is 25.7 Å². The van der Waals surface area contributed by atoms with E-state index in [4.69, 9.17) is 4.74 Å². The summed E-state index contributed by atoms with van der Waals surface area (Å²) < 4.78 is 5.71. The van der Waals surface area contributed by atoms with Crippen molar-refractivity contribution in [1.82, 2.24) is 14.7 Å². The van der Waals surface area contributed by atoms with Gasteiger partial charge >= 0.3 is 0 Å². The van der Waals surface area contributed by atoms with Crippen molar-refractivity contribution >= 4 is 5.91 Å². The van der Waals surface area contributed by atoms with Crippen LogP contribution < -0.4 is 0 Å². The second-order valence-corrected chi connectivity index (χ2v) is 6.71. The van der Waals surface area contributed by atoms with Gasteiger partial charge in [0, 0.05) is 26.2 Å². The van der Waals surface area contributed by atoms with Crippen molar-refractivity contribution in [3.05, 3.63) is 0 Å². The standard InChI is InChI=1S/C16H31N3O2/c1-13-11-19(12-14(2)21-13)16(20)15(3)17(4)9-10-18-7-5-6-8-18/h13-15H,5-12H2,1-4H3/t13-,14+,15-/m1/s1. The average Bonchev–Trinajstić information content (AvgIpc) is 2.95. The summed E-state index contributed by atoms with van der Waals surface area (Å²) in [6, 6.07) is -0.0508. The maximum atomic E-state index is 12.6. The number of ether oxygens (including phenoxy) is 1. The Morgan fingerprint density at radius 1 is 1.24 bits per heavy atom. The van der Waals surface area contributed by atoms with Crippen LogP contribution in [0.25, 0.3) is 0 Å². The first-order chi connectivity index (χ1) is 9.97. The average molecular weight is 297 g/mol. The van der Waals surface area contributed by atoms with Gasteiger partial charge < -0.3 is 14.5 Å². The molecule has 0 N–H and O–H groups in total. The third-order valence-corrected chi connectivity index (χ3v) is 4.72. The maximum absolute atomic E-state index is 12.6. The maximum Gasteiger partial charge on any atom is 0.239 e. The molecular weight excluding hydrogens is 266 g/mol. The van der Waals surface area contributed by atoms with Gasteiger partial charge in [-0.05, 0) is 53.8 Å². The van der Waals surface area contributed by atoms with Crippen LogP contribution in [0.1, 0.15) is 33.6 Å². The quantitative estimate of drug-likeness (QED) is 0.760. The molecule has 2 saturated heterocycles. The van der Waals surface area contributed by atoms with Crippen LogP contribution in [0.5, 0.6) is 0 Å². The number of hydrogen-bond donors (Lipinski definition) is 0. The molecule has 0 unspecified atom stereocenters. The lowest BCUT2D eigenvalue weighted by Crippen LogP contribution is -2.54. The number of amides is 1. The third kappa shape index (κ3) is 4.66. The van der Waals surface area contributed by atoms with Crippen molar-refractivity contribution in [3.63, 3.8) is 0 Å². The summed E-state index contributed by atoms with van der Waals surface area (Å²) in [5, 5.41) is 0. The molecule has 0 bridgehead atoms. The molecule has 0 aromatic carbocycles. The first-order valence-corrected chi connectivity index (χ1v) is 8.34. The van der Waals surface area contributed by atoms with E-state index >= 15 is 0 Å². The zero-order valence-corrected chi connectivity index (χ0v) is 14.0. The Labute approximate surface area is 129 Å². The molecule has 2 heterocycles. The Bertz CT molecular complexity index is 334. The number of rotatable bonds is 5. The van der Waals surface area contributed by atoms with Crippen molar-refractivity contribution in [1.29, 1.82) is 0 Å². The van der Waals surface area contributed by atoms with Gasteiger partial charge in [-0.25, -0.2) is 0 Å². The highest BCUT2D eigenvalue weighted by molar-refractivity contribution is 5.81. The van der Waals surface area contributed by atoms with Crippen LogP contribution in [0, 0.1) is 0 Å². The molecule has 1 amide bonds. The van der Waals surface area contributed by atoms with Gasteiger partial charge in [-0.3, -0.25) is 9.69 Å². The minimum absolute atomic E-state index is 0.0508. The summed E-state index contributed by atoms with van der Waals surface area (Å²) in [5.74, 6) is 0.237. The van der Waals surface area contributed by atoms with Gasteiger partial charge in [0.1, 0.15) is 0 Å². The molecule has 5 heteroatoms. The normalized spacial score (nSPS) is 29.1. The van der Waals surface area contributed by atoms with Gasteiger partial charge in [0.15, 0.2) is 0 Å². The molecule has 21 heavy (non-hydrogen) atoms. The number of likely N-dealkylation sites (N-methyl/N-ethyl adjacent to an activating group) is 1. The molecule has 0 aromatic rings. The van der Waals surface area contributed by atoms with Gasteiger partial charge in [0.05, 0.1) is 18.2 Å². The number of hydrogen-bond acceptors (Lipinski definition) is 4. The molecule has 0 aromatic heterocycles. The molecule has 2 rings (SSSR count). The fraction of sp³-hybridized carbons (Fsp3) is 0.938. The monoisotopic (exact) mass is 297 g/mol. The van der Waals surface area contributed by atoms with Crippen LogP contribution in [0.3, 0.4) is 0 Å². The van der Waals surface area contributed by atoms with Gasteiger partial charge in [-0.15, -0.1) is 0 Å². The number of nitrogens with zero attached hydrogens (tertiary/aromatic N) is 3. The van der Waals surface area contributed by atoms with Crippen LogP contribution >= 0.6 is 0 Å². The summed E-state index contributed by atoms with van der Waals surface area (Å²) >= 11 is 0. The van der Waals surface area contributed by atoms with E-state index in [1.165, 1.54) is 25.9 Å². The Hall–Kier alpha value is -0.650. The topological polar surface area (TPSA) is 36.0 Å². The van der Waals surface area contributed by atoms with E-state index in [1.54, 1.807) is 0 Å². The molecule has 0 aliphatic carbocycles. The highest BCUT2D eigenvalue weighted by Gasteiger charge is 2.30. The van der Waals surface area contributed by atoms with Crippen molar-refractivity contribution in [2.45, 2.75) is 51.9 Å². The van der Waals surface area contributed by atoms with E-state index in [0.29, 0.717) is 13.1 Å². The van der Waals surface area contributed by atoms with Gasteiger partial charge in [0.25, 0.3) is 0 Å². The van der Waals surface area contributed by atoms with Crippen molar-refractivity contribution in [2.75, 3.05) is 46.3 Å². The van der Waals surface area contributed by atoms with E-state index in [-0.39, 0.29) is 24.2 Å². The predicted octanol–water partition coefficient (Wildman–Crippen LogP) is 1.04. The number of morpholine rings is 1. The summed E-state index contributed by atoms with van der Waals surface area (Å²) in [7, 11) is 2.06. The van der Waals surface area contributed by atoms with Crippen LogP contribution in [0.4, 0.5) is 0 Å². The Kier molecular flexibility index (Phi) is 6.02. The van der Waals surface area contributed by atoms with Crippen molar-refractivity contribution in [2.24, 2.45) is 0 Å². The van der Waals surface area contributed by atoms with Gasteiger partial charge in [0.2, 0.25) is 5.91 Å². The molecule has 122 valence electrons. The fourth-order valence-corrected chi connectivity index (χ4v) is 3.31. The summed E-state index contributed by atoms with van der Waals surface area (Å²) in [4.78, 5) is 19.3. The first-order valence-electron chi connectivity index (χ1n) is 8.34. The zero-order valence-electron chi connectivity index (χ0n) is 14.0. The predicted molar refractivity (Wildman–Crippen MR) is 84.4 cm³/mol. The van der Waals surface area contributed by atoms with Crippen molar-refractivity contribution in [3.8, 4) is 0 Å². The smallest absolute Gasteiger partial charge is 0.239 e. The van der Waals surface area contributed by atoms with Crippen molar-refractivity contribution < 1.29 is 9.53 Å². The molecular formula is C16H31N3O2. The highest BCUT2D eigenvalue weighted by Crippen LogP contribution is 2.13. The van der Waals surface area contributed by atoms with Crippen LogP contribution in [-0.4, -0.2) is 85.2 Å². The Morgan fingerprint density at radius 2 is 1.81 bits per heavy atom. The number of carbonyl (C=O) groups is 1. The molecule has 0 spiro atoms. The lowest BCUT2D eigenvalue weighted by Gasteiger charge is -2.38. The van der Waals surface area contributed by atoms with Gasteiger partial charge in [-0.2, -0.15) is 0 Å². The lowest BCUT2D eigenvalue weighted by atomic mass is 10.2. The van der Waals surface area contributed by atoms with E-state index in [9.17, 15) is 4.79 Å². The molecule has 2 aliphatic rings. The fourth-order valence-electron chi connectivity index (χ4n) is 3.31. The van der Waals surface area contributed by atoms with Gasteiger partial charge in [-0.1, -0.05) is 0 Å². The number of likely N-dealkylation sites (tertiary alicyclic amines) is 1. The highest BCUT2D eigenvalue weighted by atomic mass is 16.5. The SMILES string of the molecule is C[C@@H]1CN(C(=O)[C@@H](C)N(C)CCN2CCCC2)C[C@H](C)O1. The summed E-state index contributed by atoms with van der Waals surface area (Å²) in [5.41, 5.74) is 0. The van der Waals surface area contributed by atoms with Crippen LogP contribution in [-0.2, 0) is 9.53 Å². The molecule has 0 saturated carbocycles. The van der Waals surface area contributed by atoms with E-state index in [2.05, 4.69) is 16.8 Å². The minimum atomic E-state index is -0.0508. The lowest BCUT2D eigenvalue weighted by molar-refractivity contribution is -0.147. The zero-order chi connectivity index (χ0) is 15.4. The molecule has 2 fully saturated rings. The largest absolute Gasteiger partial charge is 0.372 e. The van der Waals surface area contributed by atoms with Crippen LogP contribution in [0.2, 0.25) is 0 Å². The summed E-state index contributed by atoms with van der Waals surface area (Å²) in [6.45, 7) is 12.0. The number of carbonyl (C=O) groups excluding carboxylic acids is 1. The first kappa shape index (κ1) is 16.7. The second-order valence-electron chi connectivity index (χ2n) is 6.71. The van der Waals surface area contributed by atoms with Crippen LogP contribution in [0.15, 0.2) is 0 Å². The van der Waals surface area contributed by atoms with E-state index < -0.39 is 0 Å². The minimum Gasteiger partial charge on any atom is -0.372 e. The third-order valence-electron chi connectivity index (χ3n) is 4.72. The summed E-state index contributed by atoms with van der Waals surface area (Å²) in [6.07, 6.45) is 2.92. The van der Waals surface area contributed by atoms with E-state index in [0.717, 1.165) is 13.1 Å². The molecule has 5 nitrogen and oxygen atoms in total. The Balaban J connectivity index is 1.79. The second kappa shape index (κ2) is 7.56.